The van der Waals surface area contributed by atoms with E-state index in [1.807, 2.05) is 25.7 Å². The SMILES string of the molecule is CC(C)(C)[C@@H](c1c(F)ccc(F)c1F)N1CCNCC1. The normalized spacial score (nSPS) is 19.1. The van der Waals surface area contributed by atoms with Gasteiger partial charge in [0.15, 0.2) is 11.6 Å². The molecule has 1 aromatic rings. The third kappa shape index (κ3) is 2.99. The minimum absolute atomic E-state index is 0.153. The van der Waals surface area contributed by atoms with Crippen LogP contribution >= 0.6 is 0 Å². The van der Waals surface area contributed by atoms with Crippen LogP contribution in [0.3, 0.4) is 0 Å². The van der Waals surface area contributed by atoms with E-state index in [1.165, 1.54) is 0 Å². The molecule has 1 N–H and O–H groups in total. The molecule has 2 nitrogen and oxygen atoms in total. The predicted octanol–water partition coefficient (Wildman–Crippen LogP) is 3.10. The number of benzene rings is 1. The second kappa shape index (κ2) is 5.74. The molecule has 2 rings (SSSR count). The van der Waals surface area contributed by atoms with Crippen LogP contribution in [0.2, 0.25) is 0 Å². The summed E-state index contributed by atoms with van der Waals surface area (Å²) >= 11 is 0. The summed E-state index contributed by atoms with van der Waals surface area (Å²) in [6.45, 7) is 8.68. The van der Waals surface area contributed by atoms with Crippen molar-refractivity contribution in [1.82, 2.24) is 10.2 Å². The molecule has 1 heterocycles. The molecule has 5 heteroatoms. The van der Waals surface area contributed by atoms with E-state index in [2.05, 4.69) is 5.32 Å². The van der Waals surface area contributed by atoms with Gasteiger partial charge in [-0.15, -0.1) is 0 Å². The standard InChI is InChI=1S/C15H21F3N2/c1-15(2,3)14(20-8-6-19-7-9-20)12-10(16)4-5-11(17)13(12)18/h4-5,14,19H,6-9H2,1-3H3/t14-/m1/s1. The lowest BCUT2D eigenvalue weighted by Gasteiger charge is -2.42. The third-order valence-corrected chi connectivity index (χ3v) is 3.69. The first-order chi connectivity index (χ1) is 9.32. The Kier molecular flexibility index (Phi) is 4.39. The van der Waals surface area contributed by atoms with Crippen molar-refractivity contribution in [3.63, 3.8) is 0 Å². The van der Waals surface area contributed by atoms with E-state index in [0.29, 0.717) is 13.1 Å². The van der Waals surface area contributed by atoms with Crippen molar-refractivity contribution < 1.29 is 13.2 Å². The van der Waals surface area contributed by atoms with Crippen LogP contribution in [0.15, 0.2) is 12.1 Å². The Hall–Kier alpha value is -1.07. The highest BCUT2D eigenvalue weighted by Gasteiger charge is 2.37. The zero-order valence-corrected chi connectivity index (χ0v) is 12.1. The summed E-state index contributed by atoms with van der Waals surface area (Å²) < 4.78 is 41.8. The van der Waals surface area contributed by atoms with Crippen LogP contribution in [-0.2, 0) is 0 Å². The van der Waals surface area contributed by atoms with Crippen molar-refractivity contribution in [2.75, 3.05) is 26.2 Å². The molecule has 1 saturated heterocycles. The second-order valence-corrected chi connectivity index (χ2v) is 6.31. The van der Waals surface area contributed by atoms with Crippen molar-refractivity contribution in [3.8, 4) is 0 Å². The average Bonchev–Trinajstić information content (AvgIpc) is 2.39. The summed E-state index contributed by atoms with van der Waals surface area (Å²) in [7, 11) is 0. The van der Waals surface area contributed by atoms with E-state index in [1.54, 1.807) is 0 Å². The van der Waals surface area contributed by atoms with E-state index in [0.717, 1.165) is 25.2 Å². The van der Waals surface area contributed by atoms with Crippen LogP contribution in [0, 0.1) is 22.9 Å². The van der Waals surface area contributed by atoms with E-state index in [4.69, 9.17) is 0 Å². The van der Waals surface area contributed by atoms with Gasteiger partial charge in [-0.25, -0.2) is 13.2 Å². The Balaban J connectivity index is 2.49. The molecule has 0 saturated carbocycles. The fourth-order valence-electron chi connectivity index (χ4n) is 2.90. The Morgan fingerprint density at radius 2 is 1.60 bits per heavy atom. The summed E-state index contributed by atoms with van der Waals surface area (Å²) in [5, 5.41) is 3.21. The molecule has 1 aliphatic rings. The highest BCUT2D eigenvalue weighted by Crippen LogP contribution is 2.40. The lowest BCUT2D eigenvalue weighted by Crippen LogP contribution is -2.48. The van der Waals surface area contributed by atoms with Gasteiger partial charge < -0.3 is 5.32 Å². The molecule has 0 unspecified atom stereocenters. The van der Waals surface area contributed by atoms with E-state index in [-0.39, 0.29) is 5.56 Å². The summed E-state index contributed by atoms with van der Waals surface area (Å²) in [4.78, 5) is 2.03. The lowest BCUT2D eigenvalue weighted by molar-refractivity contribution is 0.0798. The zero-order chi connectivity index (χ0) is 14.9. The third-order valence-electron chi connectivity index (χ3n) is 3.69. The predicted molar refractivity (Wildman–Crippen MR) is 73.0 cm³/mol. The summed E-state index contributed by atoms with van der Waals surface area (Å²) in [6.07, 6.45) is 0. The maximum Gasteiger partial charge on any atom is 0.166 e. The molecule has 0 aliphatic carbocycles. The average molecular weight is 286 g/mol. The minimum Gasteiger partial charge on any atom is -0.314 e. The van der Waals surface area contributed by atoms with Crippen molar-refractivity contribution in [1.29, 1.82) is 0 Å². The maximum atomic E-state index is 14.1. The van der Waals surface area contributed by atoms with Gasteiger partial charge in [-0.05, 0) is 17.5 Å². The topological polar surface area (TPSA) is 15.3 Å². The summed E-state index contributed by atoms with van der Waals surface area (Å²) in [5.74, 6) is -2.74. The van der Waals surface area contributed by atoms with Gasteiger partial charge >= 0.3 is 0 Å². The highest BCUT2D eigenvalue weighted by molar-refractivity contribution is 5.26. The van der Waals surface area contributed by atoms with Crippen molar-refractivity contribution in [2.24, 2.45) is 5.41 Å². The van der Waals surface area contributed by atoms with Crippen LogP contribution < -0.4 is 5.32 Å². The second-order valence-electron chi connectivity index (χ2n) is 6.31. The van der Waals surface area contributed by atoms with Crippen molar-refractivity contribution in [2.45, 2.75) is 26.8 Å². The van der Waals surface area contributed by atoms with Crippen LogP contribution in [0.5, 0.6) is 0 Å². The molecule has 0 bridgehead atoms. The van der Waals surface area contributed by atoms with E-state index < -0.39 is 28.9 Å². The Morgan fingerprint density at radius 1 is 1.05 bits per heavy atom. The molecule has 1 fully saturated rings. The summed E-state index contributed by atoms with van der Waals surface area (Å²) in [5.41, 5.74) is -0.549. The van der Waals surface area contributed by atoms with Gasteiger partial charge in [-0.1, -0.05) is 20.8 Å². The van der Waals surface area contributed by atoms with Crippen molar-refractivity contribution in [3.05, 3.63) is 35.1 Å². The van der Waals surface area contributed by atoms with Crippen LogP contribution in [0.25, 0.3) is 0 Å². The monoisotopic (exact) mass is 286 g/mol. The van der Waals surface area contributed by atoms with Crippen LogP contribution in [-0.4, -0.2) is 31.1 Å². The zero-order valence-electron chi connectivity index (χ0n) is 12.1. The number of rotatable bonds is 2. The number of hydrogen-bond acceptors (Lipinski definition) is 2. The fraction of sp³-hybridized carbons (Fsp3) is 0.600. The first kappa shape index (κ1) is 15.3. The molecule has 0 spiro atoms. The number of halogens is 3. The molecule has 0 amide bonds. The highest BCUT2D eigenvalue weighted by atomic mass is 19.2. The molecule has 1 aromatic carbocycles. The Morgan fingerprint density at radius 3 is 2.15 bits per heavy atom. The molecule has 112 valence electrons. The van der Waals surface area contributed by atoms with Gasteiger partial charge in [0, 0.05) is 37.8 Å². The van der Waals surface area contributed by atoms with E-state index in [9.17, 15) is 13.2 Å². The van der Waals surface area contributed by atoms with E-state index >= 15 is 0 Å². The molecule has 0 aromatic heterocycles. The number of piperazine rings is 1. The number of nitrogens with one attached hydrogen (secondary N) is 1. The molecular weight excluding hydrogens is 265 g/mol. The molecule has 1 aliphatic heterocycles. The number of nitrogens with zero attached hydrogens (tertiary/aromatic N) is 1. The first-order valence-corrected chi connectivity index (χ1v) is 6.90. The molecule has 0 radical (unpaired) electrons. The van der Waals surface area contributed by atoms with Crippen LogP contribution in [0.4, 0.5) is 13.2 Å². The Bertz CT molecular complexity index is 477. The molecule has 20 heavy (non-hydrogen) atoms. The van der Waals surface area contributed by atoms with Gasteiger partial charge in [0.25, 0.3) is 0 Å². The minimum atomic E-state index is -1.07. The van der Waals surface area contributed by atoms with Crippen LogP contribution in [0.1, 0.15) is 32.4 Å². The molecule has 1 atom stereocenters. The summed E-state index contributed by atoms with van der Waals surface area (Å²) in [6, 6.07) is 1.36. The van der Waals surface area contributed by atoms with Gasteiger partial charge in [-0.3, -0.25) is 4.90 Å². The smallest absolute Gasteiger partial charge is 0.166 e. The quantitative estimate of drug-likeness (QED) is 0.840. The van der Waals surface area contributed by atoms with Gasteiger partial charge in [0.1, 0.15) is 5.82 Å². The number of hydrogen-bond donors (Lipinski definition) is 1. The largest absolute Gasteiger partial charge is 0.314 e. The Labute approximate surface area is 118 Å². The first-order valence-electron chi connectivity index (χ1n) is 6.90. The van der Waals surface area contributed by atoms with Gasteiger partial charge in [-0.2, -0.15) is 0 Å². The molecular formula is C15H21F3N2. The maximum absolute atomic E-state index is 14.1. The van der Waals surface area contributed by atoms with Gasteiger partial charge in [0.05, 0.1) is 0 Å². The fourth-order valence-corrected chi connectivity index (χ4v) is 2.90. The van der Waals surface area contributed by atoms with Crippen molar-refractivity contribution >= 4 is 0 Å². The van der Waals surface area contributed by atoms with Gasteiger partial charge in [0.2, 0.25) is 0 Å². The lowest BCUT2D eigenvalue weighted by atomic mass is 9.80.